The molecule has 1 fully saturated rings. The summed E-state index contributed by atoms with van der Waals surface area (Å²) in [5, 5.41) is 6.75. The number of halogens is 2. The van der Waals surface area contributed by atoms with E-state index in [1.807, 2.05) is 6.07 Å². The molecule has 0 aliphatic carbocycles. The lowest BCUT2D eigenvalue weighted by molar-refractivity contribution is 0.0601. The van der Waals surface area contributed by atoms with Crippen molar-refractivity contribution in [2.24, 2.45) is 5.92 Å². The van der Waals surface area contributed by atoms with Crippen LogP contribution in [0.25, 0.3) is 0 Å². The number of esters is 1. The molecular weight excluding hydrogens is 388 g/mol. The Morgan fingerprint density at radius 2 is 2.10 bits per heavy atom. The number of benzene rings is 1. The molecule has 1 aliphatic heterocycles. The lowest BCUT2D eigenvalue weighted by Gasteiger charge is -2.24. The van der Waals surface area contributed by atoms with Gasteiger partial charge in [0.2, 0.25) is 0 Å². The van der Waals surface area contributed by atoms with Gasteiger partial charge in [-0.2, -0.15) is 0 Å². The quantitative estimate of drug-likeness (QED) is 0.753. The van der Waals surface area contributed by atoms with E-state index in [0.717, 1.165) is 47.1 Å². The van der Waals surface area contributed by atoms with Crippen LogP contribution in [0.1, 0.15) is 23.2 Å². The van der Waals surface area contributed by atoms with Crippen molar-refractivity contribution in [2.45, 2.75) is 12.8 Å². The van der Waals surface area contributed by atoms with Crippen molar-refractivity contribution in [2.75, 3.05) is 32.1 Å². The molecule has 2 N–H and O–H groups in total. The summed E-state index contributed by atoms with van der Waals surface area (Å²) in [7, 11) is 1.40. The SMILES string of the molecule is COC(=O)c1cc(Br)cc(Br)c1NCC1CCNCC1. The van der Waals surface area contributed by atoms with Crippen LogP contribution < -0.4 is 10.6 Å². The summed E-state index contributed by atoms with van der Waals surface area (Å²) in [5.74, 6) is 0.303. The van der Waals surface area contributed by atoms with Gasteiger partial charge in [0, 0.05) is 15.5 Å². The third kappa shape index (κ3) is 3.96. The number of anilines is 1. The molecule has 110 valence electrons. The van der Waals surface area contributed by atoms with Crippen molar-refractivity contribution in [1.82, 2.24) is 5.32 Å². The molecule has 1 aromatic carbocycles. The molecule has 2 rings (SSSR count). The highest BCUT2D eigenvalue weighted by molar-refractivity contribution is 9.11. The van der Waals surface area contributed by atoms with Crippen LogP contribution in [-0.2, 0) is 4.74 Å². The second kappa shape index (κ2) is 7.43. The normalized spacial score (nSPS) is 15.9. The minimum Gasteiger partial charge on any atom is -0.465 e. The van der Waals surface area contributed by atoms with Crippen molar-refractivity contribution in [3.05, 3.63) is 26.6 Å². The second-order valence-electron chi connectivity index (χ2n) is 4.88. The van der Waals surface area contributed by atoms with Gasteiger partial charge in [-0.3, -0.25) is 0 Å². The van der Waals surface area contributed by atoms with E-state index in [1.54, 1.807) is 6.07 Å². The predicted octanol–water partition coefficient (Wildman–Crippen LogP) is 3.41. The molecule has 6 heteroatoms. The molecule has 1 aromatic rings. The van der Waals surface area contributed by atoms with Gasteiger partial charge in [-0.1, -0.05) is 15.9 Å². The molecular formula is C14H18Br2N2O2. The smallest absolute Gasteiger partial charge is 0.340 e. The number of nitrogens with one attached hydrogen (secondary N) is 2. The van der Waals surface area contributed by atoms with Crippen LogP contribution >= 0.6 is 31.9 Å². The average Bonchev–Trinajstić information content (AvgIpc) is 2.46. The summed E-state index contributed by atoms with van der Waals surface area (Å²) >= 11 is 6.91. The lowest BCUT2D eigenvalue weighted by atomic mass is 9.98. The first kappa shape index (κ1) is 15.8. The highest BCUT2D eigenvalue weighted by Gasteiger charge is 2.18. The average molecular weight is 406 g/mol. The number of ether oxygens (including phenoxy) is 1. The molecule has 1 heterocycles. The van der Waals surface area contributed by atoms with E-state index >= 15 is 0 Å². The first-order chi connectivity index (χ1) is 9.61. The number of hydrogen-bond acceptors (Lipinski definition) is 4. The van der Waals surface area contributed by atoms with Gasteiger partial charge in [-0.15, -0.1) is 0 Å². The highest BCUT2D eigenvalue weighted by Crippen LogP contribution is 2.31. The molecule has 0 aromatic heterocycles. The van der Waals surface area contributed by atoms with Gasteiger partial charge in [0.25, 0.3) is 0 Å². The Morgan fingerprint density at radius 1 is 1.40 bits per heavy atom. The summed E-state index contributed by atoms with van der Waals surface area (Å²) in [6.45, 7) is 3.00. The predicted molar refractivity (Wildman–Crippen MR) is 87.3 cm³/mol. The number of carbonyl (C=O) groups is 1. The van der Waals surface area contributed by atoms with E-state index in [1.165, 1.54) is 7.11 Å². The standard InChI is InChI=1S/C14H18Br2N2O2/c1-20-14(19)11-6-10(15)7-12(16)13(11)18-8-9-2-4-17-5-3-9/h6-7,9,17-18H,2-5,8H2,1H3. The van der Waals surface area contributed by atoms with E-state index in [2.05, 4.69) is 42.5 Å². The van der Waals surface area contributed by atoms with Crippen molar-refractivity contribution >= 4 is 43.5 Å². The minimum atomic E-state index is -0.334. The largest absolute Gasteiger partial charge is 0.465 e. The Balaban J connectivity index is 2.14. The molecule has 0 bridgehead atoms. The zero-order valence-electron chi connectivity index (χ0n) is 11.3. The molecule has 0 spiro atoms. The maximum absolute atomic E-state index is 11.9. The highest BCUT2D eigenvalue weighted by atomic mass is 79.9. The Bertz CT molecular complexity index is 488. The minimum absolute atomic E-state index is 0.334. The van der Waals surface area contributed by atoms with Crippen LogP contribution in [0.4, 0.5) is 5.69 Å². The third-order valence-corrected chi connectivity index (χ3v) is 4.57. The Labute approximate surface area is 135 Å². The molecule has 1 aliphatic rings. The summed E-state index contributed by atoms with van der Waals surface area (Å²) in [6.07, 6.45) is 2.32. The van der Waals surface area contributed by atoms with Crippen molar-refractivity contribution in [3.8, 4) is 0 Å². The fourth-order valence-corrected chi connectivity index (χ4v) is 3.72. The van der Waals surface area contributed by atoms with E-state index in [9.17, 15) is 4.79 Å². The van der Waals surface area contributed by atoms with Gasteiger partial charge < -0.3 is 15.4 Å². The van der Waals surface area contributed by atoms with Crippen LogP contribution in [-0.4, -0.2) is 32.7 Å². The summed E-state index contributed by atoms with van der Waals surface area (Å²) in [6, 6.07) is 3.71. The summed E-state index contributed by atoms with van der Waals surface area (Å²) in [4.78, 5) is 11.9. The van der Waals surface area contributed by atoms with E-state index < -0.39 is 0 Å². The topological polar surface area (TPSA) is 50.4 Å². The van der Waals surface area contributed by atoms with Crippen LogP contribution in [0.3, 0.4) is 0 Å². The van der Waals surface area contributed by atoms with Crippen LogP contribution in [0, 0.1) is 5.92 Å². The van der Waals surface area contributed by atoms with E-state index in [-0.39, 0.29) is 5.97 Å². The zero-order valence-corrected chi connectivity index (χ0v) is 14.5. The van der Waals surface area contributed by atoms with Gasteiger partial charge in [-0.25, -0.2) is 4.79 Å². The van der Waals surface area contributed by atoms with E-state index in [0.29, 0.717) is 11.5 Å². The zero-order chi connectivity index (χ0) is 14.5. The second-order valence-corrected chi connectivity index (χ2v) is 6.65. The number of carbonyl (C=O) groups excluding carboxylic acids is 1. The fourth-order valence-electron chi connectivity index (χ4n) is 2.36. The molecule has 0 saturated carbocycles. The molecule has 4 nitrogen and oxygen atoms in total. The van der Waals surface area contributed by atoms with E-state index in [4.69, 9.17) is 4.74 Å². The number of hydrogen-bond donors (Lipinski definition) is 2. The fraction of sp³-hybridized carbons (Fsp3) is 0.500. The van der Waals surface area contributed by atoms with Crippen LogP contribution in [0.15, 0.2) is 21.1 Å². The van der Waals surface area contributed by atoms with Gasteiger partial charge in [-0.05, 0) is 59.9 Å². The Hall–Kier alpha value is -0.590. The Kier molecular flexibility index (Phi) is 5.86. The van der Waals surface area contributed by atoms with Gasteiger partial charge in [0.05, 0.1) is 18.4 Å². The lowest BCUT2D eigenvalue weighted by Crippen LogP contribution is -2.31. The number of piperidine rings is 1. The first-order valence-electron chi connectivity index (χ1n) is 6.63. The third-order valence-electron chi connectivity index (χ3n) is 3.49. The molecule has 0 unspecified atom stereocenters. The number of methoxy groups -OCH3 is 1. The first-order valence-corrected chi connectivity index (χ1v) is 8.22. The van der Waals surface area contributed by atoms with Crippen LogP contribution in [0.2, 0.25) is 0 Å². The van der Waals surface area contributed by atoms with Gasteiger partial charge in [0.1, 0.15) is 0 Å². The monoisotopic (exact) mass is 404 g/mol. The maximum Gasteiger partial charge on any atom is 0.340 e. The maximum atomic E-state index is 11.9. The number of rotatable bonds is 4. The summed E-state index contributed by atoms with van der Waals surface area (Å²) in [5.41, 5.74) is 1.35. The molecule has 0 amide bonds. The molecule has 1 saturated heterocycles. The van der Waals surface area contributed by atoms with Crippen molar-refractivity contribution < 1.29 is 9.53 Å². The van der Waals surface area contributed by atoms with Gasteiger partial charge in [0.15, 0.2) is 0 Å². The molecule has 20 heavy (non-hydrogen) atoms. The van der Waals surface area contributed by atoms with Gasteiger partial charge >= 0.3 is 5.97 Å². The van der Waals surface area contributed by atoms with Crippen molar-refractivity contribution in [1.29, 1.82) is 0 Å². The van der Waals surface area contributed by atoms with Crippen LogP contribution in [0.5, 0.6) is 0 Å². The van der Waals surface area contributed by atoms with Crippen molar-refractivity contribution in [3.63, 3.8) is 0 Å². The molecule has 0 atom stereocenters. The summed E-state index contributed by atoms with van der Waals surface area (Å²) < 4.78 is 6.55. The molecule has 0 radical (unpaired) electrons. The Morgan fingerprint density at radius 3 is 2.75 bits per heavy atom.